The van der Waals surface area contributed by atoms with E-state index in [1.807, 2.05) is 0 Å². The van der Waals surface area contributed by atoms with E-state index < -0.39 is 24.3 Å². The number of esters is 1. The Morgan fingerprint density at radius 2 is 1.74 bits per heavy atom. The lowest BCUT2D eigenvalue weighted by molar-refractivity contribution is -0.119. The number of hydrogen-bond acceptors (Lipinski definition) is 4. The first-order valence-electron chi connectivity index (χ1n) is 10.1. The Labute approximate surface area is 207 Å². The third kappa shape index (κ3) is 4.73. The molecule has 0 bridgehead atoms. The zero-order valence-corrected chi connectivity index (χ0v) is 20.1. The second-order valence-electron chi connectivity index (χ2n) is 7.39. The van der Waals surface area contributed by atoms with Crippen molar-refractivity contribution in [3.05, 3.63) is 98.1 Å². The van der Waals surface area contributed by atoms with Gasteiger partial charge in [-0.25, -0.2) is 9.18 Å². The second kappa shape index (κ2) is 9.79. The standard InChI is InChI=1S/C25H17BrClFN2O4/c1-30-23(25(33)34-13-21(31)29-20-11-8-15(26)12-19(20)28)22(14-6-9-16(27)10-7-14)17-4-2-3-5-18(17)24(30)32/h2-12H,13H2,1H3,(H,29,31). The molecule has 0 aliphatic heterocycles. The Hall–Kier alpha value is -3.49. The van der Waals surface area contributed by atoms with Crippen LogP contribution < -0.4 is 10.9 Å². The molecule has 3 aromatic carbocycles. The molecule has 0 radical (unpaired) electrons. The van der Waals surface area contributed by atoms with E-state index in [0.29, 0.717) is 31.4 Å². The highest BCUT2D eigenvalue weighted by Crippen LogP contribution is 2.31. The van der Waals surface area contributed by atoms with Crippen LogP contribution in [-0.2, 0) is 16.6 Å². The van der Waals surface area contributed by atoms with Crippen molar-refractivity contribution < 1.29 is 18.7 Å². The molecule has 4 aromatic rings. The molecule has 0 unspecified atom stereocenters. The van der Waals surface area contributed by atoms with Crippen LogP contribution in [-0.4, -0.2) is 23.1 Å². The summed E-state index contributed by atoms with van der Waals surface area (Å²) in [6, 6.07) is 17.9. The van der Waals surface area contributed by atoms with Crippen LogP contribution >= 0.6 is 27.5 Å². The molecule has 0 aliphatic rings. The van der Waals surface area contributed by atoms with Gasteiger partial charge in [-0.05, 0) is 47.3 Å². The fraction of sp³-hybridized carbons (Fsp3) is 0.0800. The maximum atomic E-state index is 14.0. The van der Waals surface area contributed by atoms with Crippen LogP contribution in [0.1, 0.15) is 10.5 Å². The van der Waals surface area contributed by atoms with Crippen molar-refractivity contribution in [1.29, 1.82) is 0 Å². The van der Waals surface area contributed by atoms with Crippen LogP contribution in [0.25, 0.3) is 21.9 Å². The van der Waals surface area contributed by atoms with Crippen LogP contribution in [0.5, 0.6) is 0 Å². The Morgan fingerprint density at radius 3 is 2.41 bits per heavy atom. The number of halogens is 3. The minimum Gasteiger partial charge on any atom is -0.451 e. The SMILES string of the molecule is Cn1c(C(=O)OCC(=O)Nc2ccc(Br)cc2F)c(-c2ccc(Cl)cc2)c2ccccc2c1=O. The number of hydrogen-bond donors (Lipinski definition) is 1. The number of amides is 1. The monoisotopic (exact) mass is 542 g/mol. The molecule has 172 valence electrons. The van der Waals surface area contributed by atoms with E-state index in [0.717, 1.165) is 0 Å². The van der Waals surface area contributed by atoms with Crippen molar-refractivity contribution in [2.45, 2.75) is 0 Å². The minimum atomic E-state index is -0.873. The molecule has 1 N–H and O–H groups in total. The van der Waals surface area contributed by atoms with Crippen LogP contribution in [0.3, 0.4) is 0 Å². The topological polar surface area (TPSA) is 77.4 Å². The molecular formula is C25H17BrClFN2O4. The van der Waals surface area contributed by atoms with E-state index in [-0.39, 0.29) is 16.9 Å². The van der Waals surface area contributed by atoms with Crippen molar-refractivity contribution in [3.63, 3.8) is 0 Å². The number of carbonyl (C=O) groups is 2. The number of carbonyl (C=O) groups excluding carboxylic acids is 2. The summed E-state index contributed by atoms with van der Waals surface area (Å²) >= 11 is 9.17. The molecule has 1 heterocycles. The second-order valence-corrected chi connectivity index (χ2v) is 8.74. The van der Waals surface area contributed by atoms with Gasteiger partial charge >= 0.3 is 5.97 Å². The molecule has 6 nitrogen and oxygen atoms in total. The number of nitrogens with one attached hydrogen (secondary N) is 1. The molecule has 0 aliphatic carbocycles. The van der Waals surface area contributed by atoms with Gasteiger partial charge in [-0.3, -0.25) is 9.59 Å². The summed E-state index contributed by atoms with van der Waals surface area (Å²) in [7, 11) is 1.46. The third-order valence-electron chi connectivity index (χ3n) is 5.17. The van der Waals surface area contributed by atoms with Gasteiger partial charge in [-0.2, -0.15) is 0 Å². The number of ether oxygens (including phenoxy) is 1. The van der Waals surface area contributed by atoms with Gasteiger partial charge in [-0.15, -0.1) is 0 Å². The number of fused-ring (bicyclic) bond motifs is 1. The summed E-state index contributed by atoms with van der Waals surface area (Å²) in [5.41, 5.74) is 0.655. The Kier molecular flexibility index (Phi) is 6.81. The quantitative estimate of drug-likeness (QED) is 0.335. The third-order valence-corrected chi connectivity index (χ3v) is 5.91. The van der Waals surface area contributed by atoms with Gasteiger partial charge in [0.05, 0.1) is 5.69 Å². The predicted molar refractivity (Wildman–Crippen MR) is 133 cm³/mol. The first kappa shape index (κ1) is 23.7. The van der Waals surface area contributed by atoms with Gasteiger partial charge < -0.3 is 14.6 Å². The number of rotatable bonds is 5. The molecule has 0 atom stereocenters. The molecule has 1 aromatic heterocycles. The number of benzene rings is 3. The number of anilines is 1. The maximum Gasteiger partial charge on any atom is 0.356 e. The molecular weight excluding hydrogens is 527 g/mol. The highest BCUT2D eigenvalue weighted by Gasteiger charge is 2.23. The van der Waals surface area contributed by atoms with Gasteiger partial charge in [-0.1, -0.05) is 57.9 Å². The summed E-state index contributed by atoms with van der Waals surface area (Å²) in [6.07, 6.45) is 0. The highest BCUT2D eigenvalue weighted by atomic mass is 79.9. The van der Waals surface area contributed by atoms with Crippen molar-refractivity contribution >= 4 is 55.9 Å². The Balaban J connectivity index is 1.69. The average Bonchev–Trinajstić information content (AvgIpc) is 2.82. The summed E-state index contributed by atoms with van der Waals surface area (Å²) in [5, 5.41) is 3.85. The lowest BCUT2D eigenvalue weighted by Crippen LogP contribution is -2.28. The molecule has 0 spiro atoms. The number of nitrogens with zero attached hydrogens (tertiary/aromatic N) is 1. The first-order valence-corrected chi connectivity index (χ1v) is 11.2. The zero-order chi connectivity index (χ0) is 24.4. The van der Waals surface area contributed by atoms with Gasteiger partial charge in [0.25, 0.3) is 11.5 Å². The normalized spacial score (nSPS) is 10.8. The number of aromatic nitrogens is 1. The number of pyridine rings is 1. The molecule has 0 saturated heterocycles. The molecule has 0 fully saturated rings. The minimum absolute atomic E-state index is 0.0198. The van der Waals surface area contributed by atoms with E-state index in [2.05, 4.69) is 21.2 Å². The highest BCUT2D eigenvalue weighted by molar-refractivity contribution is 9.10. The van der Waals surface area contributed by atoms with E-state index in [1.165, 1.54) is 23.7 Å². The summed E-state index contributed by atoms with van der Waals surface area (Å²) < 4.78 is 20.9. The first-order chi connectivity index (χ1) is 16.3. The largest absolute Gasteiger partial charge is 0.451 e. The molecule has 34 heavy (non-hydrogen) atoms. The van der Waals surface area contributed by atoms with Crippen LogP contribution in [0.15, 0.2) is 76.0 Å². The zero-order valence-electron chi connectivity index (χ0n) is 17.8. The van der Waals surface area contributed by atoms with Gasteiger partial charge in [0.2, 0.25) is 0 Å². The fourth-order valence-corrected chi connectivity index (χ4v) is 4.05. The van der Waals surface area contributed by atoms with Crippen molar-refractivity contribution in [1.82, 2.24) is 4.57 Å². The molecule has 9 heteroatoms. The van der Waals surface area contributed by atoms with Crippen LogP contribution in [0.2, 0.25) is 5.02 Å². The average molecular weight is 544 g/mol. The van der Waals surface area contributed by atoms with Crippen LogP contribution in [0, 0.1) is 5.82 Å². The smallest absolute Gasteiger partial charge is 0.356 e. The van der Waals surface area contributed by atoms with Gasteiger partial charge in [0.15, 0.2) is 6.61 Å². The van der Waals surface area contributed by atoms with Crippen molar-refractivity contribution in [2.75, 3.05) is 11.9 Å². The molecule has 4 rings (SSSR count). The maximum absolute atomic E-state index is 14.0. The molecule has 0 saturated carbocycles. The Bertz CT molecular complexity index is 1490. The summed E-state index contributed by atoms with van der Waals surface area (Å²) in [5.74, 6) is -2.24. The lowest BCUT2D eigenvalue weighted by Gasteiger charge is -2.17. The van der Waals surface area contributed by atoms with Gasteiger partial charge in [0.1, 0.15) is 11.5 Å². The molecule has 1 amide bonds. The van der Waals surface area contributed by atoms with E-state index in [1.54, 1.807) is 54.6 Å². The lowest BCUT2D eigenvalue weighted by atomic mass is 9.97. The van der Waals surface area contributed by atoms with Crippen molar-refractivity contribution in [2.24, 2.45) is 7.05 Å². The van der Waals surface area contributed by atoms with Crippen molar-refractivity contribution in [3.8, 4) is 11.1 Å². The Morgan fingerprint density at radius 1 is 1.06 bits per heavy atom. The predicted octanol–water partition coefficient (Wildman–Crippen LogP) is 5.56. The summed E-state index contributed by atoms with van der Waals surface area (Å²) in [6.45, 7) is -0.671. The summed E-state index contributed by atoms with van der Waals surface area (Å²) in [4.78, 5) is 38.4. The van der Waals surface area contributed by atoms with Gasteiger partial charge in [0, 0.05) is 27.5 Å². The van der Waals surface area contributed by atoms with E-state index >= 15 is 0 Å². The fourth-order valence-electron chi connectivity index (χ4n) is 3.59. The van der Waals surface area contributed by atoms with E-state index in [9.17, 15) is 18.8 Å². The van der Waals surface area contributed by atoms with Crippen LogP contribution in [0.4, 0.5) is 10.1 Å². The van der Waals surface area contributed by atoms with E-state index in [4.69, 9.17) is 16.3 Å².